The molecule has 0 aliphatic rings. The first-order valence-corrected chi connectivity index (χ1v) is 8.63. The summed E-state index contributed by atoms with van der Waals surface area (Å²) in [4.78, 5) is 11.8. The fraction of sp³-hybridized carbons (Fsp3) is 0.250. The number of hydrogen-bond donors (Lipinski definition) is 2. The third-order valence-electron chi connectivity index (χ3n) is 4.38. The Kier molecular flexibility index (Phi) is 5.11. The van der Waals surface area contributed by atoms with Crippen molar-refractivity contribution >= 4 is 22.6 Å². The van der Waals surface area contributed by atoms with Gasteiger partial charge in [-0.05, 0) is 42.2 Å². The zero-order chi connectivity index (χ0) is 18.0. The van der Waals surface area contributed by atoms with Crippen LogP contribution in [0.4, 0.5) is 0 Å². The molecule has 4 nitrogen and oxygen atoms in total. The Labute approximate surface area is 151 Å². The maximum absolute atomic E-state index is 11.8. The molecule has 0 aliphatic heterocycles. The summed E-state index contributed by atoms with van der Waals surface area (Å²) in [6, 6.07) is 12.6. The van der Waals surface area contributed by atoms with Gasteiger partial charge in [0.15, 0.2) is 0 Å². The van der Waals surface area contributed by atoms with E-state index in [1.165, 1.54) is 12.1 Å². The summed E-state index contributed by atoms with van der Waals surface area (Å²) in [6.45, 7) is 4.48. The molecule has 0 spiro atoms. The third kappa shape index (κ3) is 3.70. The Bertz CT molecular complexity index is 965. The largest absolute Gasteiger partial charge is 0.508 e. The smallest absolute Gasteiger partial charge is 0.336 e. The summed E-state index contributed by atoms with van der Waals surface area (Å²) in [6.07, 6.45) is 0.698. The van der Waals surface area contributed by atoms with E-state index in [1.54, 1.807) is 0 Å². The van der Waals surface area contributed by atoms with E-state index in [-0.39, 0.29) is 11.8 Å². The molecule has 25 heavy (non-hydrogen) atoms. The Balaban J connectivity index is 1.93. The highest BCUT2D eigenvalue weighted by Gasteiger charge is 2.12. The van der Waals surface area contributed by atoms with Crippen LogP contribution in [-0.2, 0) is 13.0 Å². The number of hydrogen-bond acceptors (Lipinski definition) is 4. The number of phenols is 1. The molecule has 5 heteroatoms. The van der Waals surface area contributed by atoms with Crippen molar-refractivity contribution in [2.75, 3.05) is 0 Å². The molecule has 130 valence electrons. The molecule has 3 rings (SSSR count). The maximum Gasteiger partial charge on any atom is 0.336 e. The van der Waals surface area contributed by atoms with Gasteiger partial charge in [-0.25, -0.2) is 4.79 Å². The van der Waals surface area contributed by atoms with Crippen molar-refractivity contribution in [3.63, 3.8) is 0 Å². The van der Waals surface area contributed by atoms with Crippen molar-refractivity contribution in [2.24, 2.45) is 0 Å². The number of aryl methyl sites for hydroxylation is 1. The number of rotatable bonds is 5. The molecule has 0 saturated carbocycles. The van der Waals surface area contributed by atoms with Crippen LogP contribution in [0.1, 0.15) is 36.6 Å². The van der Waals surface area contributed by atoms with Gasteiger partial charge in [0.2, 0.25) is 0 Å². The molecule has 0 fully saturated rings. The van der Waals surface area contributed by atoms with Crippen molar-refractivity contribution in [1.29, 1.82) is 0 Å². The van der Waals surface area contributed by atoms with Crippen molar-refractivity contribution in [1.82, 2.24) is 5.32 Å². The SMILES string of the molecule is CCc1cc2c(CNC(C)c3ccccc3Cl)cc(=O)oc2cc1O. The number of aromatic hydroxyl groups is 1. The number of nitrogens with one attached hydrogen (secondary N) is 1. The maximum atomic E-state index is 11.8. The number of fused-ring (bicyclic) bond motifs is 1. The zero-order valence-corrected chi connectivity index (χ0v) is 14.9. The molecule has 1 unspecified atom stereocenters. The normalized spacial score (nSPS) is 12.4. The minimum absolute atomic E-state index is 0.0266. The van der Waals surface area contributed by atoms with Crippen LogP contribution in [0.2, 0.25) is 5.02 Å². The molecule has 0 radical (unpaired) electrons. The standard InChI is InChI=1S/C20H20ClNO3/c1-3-13-8-16-14(9-20(24)25-19(16)10-18(13)23)11-22-12(2)15-6-4-5-7-17(15)21/h4-10,12,22-23H,3,11H2,1-2H3. The van der Waals surface area contributed by atoms with Crippen molar-refractivity contribution in [3.8, 4) is 5.75 Å². The Morgan fingerprint density at radius 2 is 1.96 bits per heavy atom. The van der Waals surface area contributed by atoms with Crippen LogP contribution in [0.15, 0.2) is 51.7 Å². The topological polar surface area (TPSA) is 62.5 Å². The molecular formula is C20H20ClNO3. The number of benzene rings is 2. The van der Waals surface area contributed by atoms with E-state index in [4.69, 9.17) is 16.0 Å². The molecule has 0 bridgehead atoms. The lowest BCUT2D eigenvalue weighted by molar-refractivity contribution is 0.466. The highest BCUT2D eigenvalue weighted by molar-refractivity contribution is 6.31. The van der Waals surface area contributed by atoms with Crippen LogP contribution < -0.4 is 10.9 Å². The first kappa shape index (κ1) is 17.5. The van der Waals surface area contributed by atoms with Crippen LogP contribution in [-0.4, -0.2) is 5.11 Å². The highest BCUT2D eigenvalue weighted by atomic mass is 35.5. The minimum Gasteiger partial charge on any atom is -0.508 e. The van der Waals surface area contributed by atoms with Crippen LogP contribution >= 0.6 is 11.6 Å². The van der Waals surface area contributed by atoms with Gasteiger partial charge in [-0.15, -0.1) is 0 Å². The summed E-state index contributed by atoms with van der Waals surface area (Å²) < 4.78 is 5.23. The predicted molar refractivity (Wildman–Crippen MR) is 100 cm³/mol. The second kappa shape index (κ2) is 7.30. The first-order chi connectivity index (χ1) is 12.0. The summed E-state index contributed by atoms with van der Waals surface area (Å²) in [5, 5.41) is 14.9. The van der Waals surface area contributed by atoms with Crippen LogP contribution in [0.3, 0.4) is 0 Å². The first-order valence-electron chi connectivity index (χ1n) is 8.26. The van der Waals surface area contributed by atoms with Crippen molar-refractivity contribution < 1.29 is 9.52 Å². The average molecular weight is 358 g/mol. The molecule has 0 saturated heterocycles. The van der Waals surface area contributed by atoms with Gasteiger partial charge < -0.3 is 14.8 Å². The summed E-state index contributed by atoms with van der Waals surface area (Å²) in [7, 11) is 0. The fourth-order valence-electron chi connectivity index (χ4n) is 2.94. The minimum atomic E-state index is -0.432. The lowest BCUT2D eigenvalue weighted by atomic mass is 10.0. The molecule has 0 aliphatic carbocycles. The van der Waals surface area contributed by atoms with Crippen molar-refractivity contribution in [3.05, 3.63) is 74.6 Å². The second-order valence-electron chi connectivity index (χ2n) is 6.05. The molecule has 2 N–H and O–H groups in total. The lowest BCUT2D eigenvalue weighted by Gasteiger charge is -2.16. The lowest BCUT2D eigenvalue weighted by Crippen LogP contribution is -2.19. The quantitative estimate of drug-likeness (QED) is 0.657. The van der Waals surface area contributed by atoms with Crippen molar-refractivity contribution in [2.45, 2.75) is 32.9 Å². The Morgan fingerprint density at radius 3 is 2.68 bits per heavy atom. The van der Waals surface area contributed by atoms with E-state index >= 15 is 0 Å². The van der Waals surface area contributed by atoms with Gasteiger partial charge in [0, 0.05) is 35.1 Å². The van der Waals surface area contributed by atoms with Gasteiger partial charge >= 0.3 is 5.63 Å². The Hall–Kier alpha value is -2.30. The van der Waals surface area contributed by atoms with Gasteiger partial charge in [-0.3, -0.25) is 0 Å². The Morgan fingerprint density at radius 1 is 1.20 bits per heavy atom. The number of phenolic OH excluding ortho intramolecular Hbond substituents is 1. The molecular weight excluding hydrogens is 338 g/mol. The van der Waals surface area contributed by atoms with E-state index in [9.17, 15) is 9.90 Å². The van der Waals surface area contributed by atoms with Crippen LogP contribution in [0, 0.1) is 0 Å². The van der Waals surface area contributed by atoms with Gasteiger partial charge in [-0.1, -0.05) is 36.7 Å². The zero-order valence-electron chi connectivity index (χ0n) is 14.2. The van der Waals surface area contributed by atoms with Crippen LogP contribution in [0.5, 0.6) is 5.75 Å². The molecule has 0 amide bonds. The average Bonchev–Trinajstić information content (AvgIpc) is 2.59. The molecule has 2 aromatic carbocycles. The molecule has 1 aromatic heterocycles. The van der Waals surface area contributed by atoms with Crippen LogP contribution in [0.25, 0.3) is 11.0 Å². The monoisotopic (exact) mass is 357 g/mol. The van der Waals surface area contributed by atoms with E-state index in [2.05, 4.69) is 5.32 Å². The van der Waals surface area contributed by atoms with Gasteiger partial charge in [0.25, 0.3) is 0 Å². The predicted octanol–water partition coefficient (Wildman–Crippen LogP) is 4.57. The fourth-order valence-corrected chi connectivity index (χ4v) is 3.24. The third-order valence-corrected chi connectivity index (χ3v) is 4.72. The molecule has 3 aromatic rings. The number of halogens is 1. The van der Waals surface area contributed by atoms with E-state index in [1.807, 2.05) is 44.2 Å². The van der Waals surface area contributed by atoms with Gasteiger partial charge in [-0.2, -0.15) is 0 Å². The second-order valence-corrected chi connectivity index (χ2v) is 6.45. The van der Waals surface area contributed by atoms with E-state index < -0.39 is 5.63 Å². The summed E-state index contributed by atoms with van der Waals surface area (Å²) in [5.74, 6) is 0.146. The highest BCUT2D eigenvalue weighted by Crippen LogP contribution is 2.28. The van der Waals surface area contributed by atoms with Gasteiger partial charge in [0.05, 0.1) is 0 Å². The van der Waals surface area contributed by atoms with Gasteiger partial charge in [0.1, 0.15) is 11.3 Å². The molecule has 1 atom stereocenters. The van der Waals surface area contributed by atoms with E-state index in [0.29, 0.717) is 23.6 Å². The summed E-state index contributed by atoms with van der Waals surface area (Å²) in [5.41, 5.74) is 2.62. The summed E-state index contributed by atoms with van der Waals surface area (Å²) >= 11 is 6.25. The van der Waals surface area contributed by atoms with E-state index in [0.717, 1.165) is 22.1 Å². The molecule has 1 heterocycles.